The molecule has 1 amide bonds. The molecule has 10 heteroatoms. The lowest BCUT2D eigenvalue weighted by atomic mass is 10.3. The SMILES string of the molecule is O=C(NCCS)c1ccn(COc2cc(F)ccc2[N+](=O)[O-])n1. The van der Waals surface area contributed by atoms with Crippen molar-refractivity contribution >= 4 is 24.2 Å². The molecule has 2 aromatic rings. The molecule has 8 nitrogen and oxygen atoms in total. The number of nitrogens with one attached hydrogen (secondary N) is 1. The molecule has 0 unspecified atom stereocenters. The summed E-state index contributed by atoms with van der Waals surface area (Å²) in [7, 11) is 0. The van der Waals surface area contributed by atoms with Gasteiger partial charge in [0.2, 0.25) is 5.75 Å². The number of hydrogen-bond donors (Lipinski definition) is 2. The Morgan fingerprint density at radius 2 is 2.26 bits per heavy atom. The molecule has 0 bridgehead atoms. The number of nitrogens with zero attached hydrogens (tertiary/aromatic N) is 3. The summed E-state index contributed by atoms with van der Waals surface area (Å²) in [5.41, 5.74) is -0.186. The highest BCUT2D eigenvalue weighted by molar-refractivity contribution is 7.80. The minimum atomic E-state index is -0.672. The van der Waals surface area contributed by atoms with E-state index in [9.17, 15) is 19.3 Å². The minimum Gasteiger partial charge on any atom is -0.464 e. The van der Waals surface area contributed by atoms with E-state index in [0.29, 0.717) is 12.3 Å². The summed E-state index contributed by atoms with van der Waals surface area (Å²) < 4.78 is 19.7. The number of halogens is 1. The number of thiol groups is 1. The van der Waals surface area contributed by atoms with Crippen molar-refractivity contribution in [1.82, 2.24) is 15.1 Å². The van der Waals surface area contributed by atoms with Gasteiger partial charge >= 0.3 is 5.69 Å². The van der Waals surface area contributed by atoms with Crippen LogP contribution in [0, 0.1) is 15.9 Å². The van der Waals surface area contributed by atoms with Gasteiger partial charge in [0.05, 0.1) is 4.92 Å². The minimum absolute atomic E-state index is 0.170. The topological polar surface area (TPSA) is 99.3 Å². The van der Waals surface area contributed by atoms with Crippen molar-refractivity contribution in [1.29, 1.82) is 0 Å². The summed E-state index contributed by atoms with van der Waals surface area (Å²) in [6, 6.07) is 4.38. The van der Waals surface area contributed by atoms with Gasteiger partial charge < -0.3 is 10.1 Å². The van der Waals surface area contributed by atoms with E-state index in [-0.39, 0.29) is 29.8 Å². The van der Waals surface area contributed by atoms with E-state index in [1.54, 1.807) is 0 Å². The first-order chi connectivity index (χ1) is 11.0. The average Bonchev–Trinajstić information content (AvgIpc) is 2.99. The molecule has 0 saturated carbocycles. The quantitative estimate of drug-likeness (QED) is 0.453. The average molecular weight is 340 g/mol. The van der Waals surface area contributed by atoms with E-state index >= 15 is 0 Å². The van der Waals surface area contributed by atoms with E-state index in [2.05, 4.69) is 23.0 Å². The Kier molecular flexibility index (Phi) is 5.52. The second-order valence-electron chi connectivity index (χ2n) is 4.36. The normalized spacial score (nSPS) is 10.3. The molecule has 0 aliphatic heterocycles. The highest BCUT2D eigenvalue weighted by Gasteiger charge is 2.16. The van der Waals surface area contributed by atoms with Crippen LogP contribution in [-0.2, 0) is 6.73 Å². The van der Waals surface area contributed by atoms with Gasteiger partial charge in [-0.1, -0.05) is 0 Å². The van der Waals surface area contributed by atoms with E-state index in [4.69, 9.17) is 4.74 Å². The number of carbonyl (C=O) groups is 1. The molecule has 0 spiro atoms. The van der Waals surface area contributed by atoms with Crippen molar-refractivity contribution in [2.45, 2.75) is 6.73 Å². The molecule has 122 valence electrons. The predicted octanol–water partition coefficient (Wildman–Crippen LogP) is 1.63. The number of carbonyl (C=O) groups excluding carboxylic acids is 1. The van der Waals surface area contributed by atoms with Crippen LogP contribution >= 0.6 is 12.6 Å². The maximum atomic E-state index is 13.2. The van der Waals surface area contributed by atoms with Gasteiger partial charge in [-0.05, 0) is 12.1 Å². The number of ether oxygens (including phenoxy) is 1. The Morgan fingerprint density at radius 1 is 1.48 bits per heavy atom. The van der Waals surface area contributed by atoms with Gasteiger partial charge in [-0.15, -0.1) is 0 Å². The summed E-state index contributed by atoms with van der Waals surface area (Å²) in [6.07, 6.45) is 1.47. The van der Waals surface area contributed by atoms with Crippen molar-refractivity contribution in [3.63, 3.8) is 0 Å². The Bertz CT molecular complexity index is 722. The molecule has 1 aromatic heterocycles. The fourth-order valence-corrected chi connectivity index (χ4v) is 1.82. The fourth-order valence-electron chi connectivity index (χ4n) is 1.70. The first kappa shape index (κ1) is 16.7. The molecular formula is C13H13FN4O4S. The van der Waals surface area contributed by atoms with Gasteiger partial charge in [-0.2, -0.15) is 17.7 Å². The van der Waals surface area contributed by atoms with Crippen molar-refractivity contribution in [3.05, 3.63) is 52.1 Å². The van der Waals surface area contributed by atoms with Crippen LogP contribution in [0.4, 0.5) is 10.1 Å². The lowest BCUT2D eigenvalue weighted by Crippen LogP contribution is -2.26. The summed E-state index contributed by atoms with van der Waals surface area (Å²) >= 11 is 3.98. The molecule has 2 rings (SSSR count). The number of amides is 1. The first-order valence-corrected chi connectivity index (χ1v) is 7.13. The number of nitro groups is 1. The van der Waals surface area contributed by atoms with Crippen LogP contribution in [0.1, 0.15) is 10.5 Å². The smallest absolute Gasteiger partial charge is 0.311 e. The maximum Gasteiger partial charge on any atom is 0.311 e. The molecule has 0 atom stereocenters. The third-order valence-electron chi connectivity index (χ3n) is 2.74. The van der Waals surface area contributed by atoms with Gasteiger partial charge in [-0.3, -0.25) is 14.9 Å². The summed E-state index contributed by atoms with van der Waals surface area (Å²) in [4.78, 5) is 21.9. The molecular weight excluding hydrogens is 327 g/mol. The van der Waals surface area contributed by atoms with Crippen LogP contribution in [0.25, 0.3) is 0 Å². The standard InChI is InChI=1S/C13H13FN4O4S/c14-9-1-2-11(18(20)21)12(7-9)22-8-17-5-3-10(16-17)13(19)15-4-6-23/h1-3,5,7,23H,4,6,8H2,(H,15,19). The van der Waals surface area contributed by atoms with E-state index in [1.807, 2.05) is 0 Å². The fraction of sp³-hybridized carbons (Fsp3) is 0.231. The maximum absolute atomic E-state index is 13.2. The zero-order chi connectivity index (χ0) is 16.8. The number of nitro benzene ring substituents is 1. The van der Waals surface area contributed by atoms with Gasteiger partial charge in [0.15, 0.2) is 6.73 Å². The van der Waals surface area contributed by atoms with Crippen molar-refractivity contribution < 1.29 is 18.8 Å². The van der Waals surface area contributed by atoms with E-state index < -0.39 is 10.7 Å². The van der Waals surface area contributed by atoms with Gasteiger partial charge in [0.25, 0.3) is 5.91 Å². The Morgan fingerprint density at radius 3 is 2.96 bits per heavy atom. The molecule has 23 heavy (non-hydrogen) atoms. The molecule has 0 fully saturated rings. The van der Waals surface area contributed by atoms with Crippen LogP contribution in [0.2, 0.25) is 0 Å². The zero-order valence-electron chi connectivity index (χ0n) is 11.8. The lowest BCUT2D eigenvalue weighted by molar-refractivity contribution is -0.386. The molecule has 0 saturated heterocycles. The van der Waals surface area contributed by atoms with Gasteiger partial charge in [0.1, 0.15) is 11.5 Å². The Hall–Kier alpha value is -2.62. The third-order valence-corrected chi connectivity index (χ3v) is 2.97. The Labute approximate surface area is 135 Å². The van der Waals surface area contributed by atoms with Crippen molar-refractivity contribution in [2.24, 2.45) is 0 Å². The highest BCUT2D eigenvalue weighted by Crippen LogP contribution is 2.27. The number of hydrogen-bond acceptors (Lipinski definition) is 6. The predicted molar refractivity (Wildman–Crippen MR) is 82.1 cm³/mol. The summed E-state index contributed by atoms with van der Waals surface area (Å²) in [5.74, 6) is -0.738. The number of rotatable bonds is 7. The molecule has 1 heterocycles. The zero-order valence-corrected chi connectivity index (χ0v) is 12.7. The van der Waals surface area contributed by atoms with Crippen molar-refractivity contribution in [3.8, 4) is 5.75 Å². The van der Waals surface area contributed by atoms with Crippen LogP contribution in [0.3, 0.4) is 0 Å². The first-order valence-electron chi connectivity index (χ1n) is 6.50. The molecule has 1 aromatic carbocycles. The van der Waals surface area contributed by atoms with Crippen LogP contribution in [0.15, 0.2) is 30.5 Å². The summed E-state index contributed by atoms with van der Waals surface area (Å²) in [5, 5.41) is 17.4. The van der Waals surface area contributed by atoms with E-state index in [1.165, 1.54) is 16.9 Å². The van der Waals surface area contributed by atoms with E-state index in [0.717, 1.165) is 18.2 Å². The number of benzene rings is 1. The van der Waals surface area contributed by atoms with Crippen LogP contribution < -0.4 is 10.1 Å². The summed E-state index contributed by atoms with van der Waals surface area (Å²) in [6.45, 7) is 0.199. The highest BCUT2D eigenvalue weighted by atomic mass is 32.1. The monoisotopic (exact) mass is 340 g/mol. The number of aromatic nitrogens is 2. The van der Waals surface area contributed by atoms with Gasteiger partial charge in [0, 0.05) is 30.6 Å². The second kappa shape index (κ2) is 7.58. The third kappa shape index (κ3) is 4.42. The molecule has 0 aliphatic rings. The Balaban J connectivity index is 2.04. The van der Waals surface area contributed by atoms with Crippen LogP contribution in [-0.4, -0.2) is 32.9 Å². The second-order valence-corrected chi connectivity index (χ2v) is 4.81. The molecule has 1 N–H and O–H groups in total. The lowest BCUT2D eigenvalue weighted by Gasteiger charge is -2.07. The molecule has 0 radical (unpaired) electrons. The molecule has 0 aliphatic carbocycles. The largest absolute Gasteiger partial charge is 0.464 e. The van der Waals surface area contributed by atoms with Crippen LogP contribution in [0.5, 0.6) is 5.75 Å². The van der Waals surface area contributed by atoms with Crippen molar-refractivity contribution in [2.75, 3.05) is 12.3 Å². The van der Waals surface area contributed by atoms with Gasteiger partial charge in [-0.25, -0.2) is 9.07 Å².